The van der Waals surface area contributed by atoms with Gasteiger partial charge in [0.2, 0.25) is 0 Å². The SMILES string of the molecule is CS(=O)(=O)Oc1ccc(-c2ccccc2)c(N)c1PCCCC(C12CC3CC(CC(C3)C1)C2)C12CC3CC(CC(C3)C1)C2. The molecule has 8 saturated carbocycles. The van der Waals surface area contributed by atoms with Crippen LogP contribution in [0.1, 0.15) is 89.9 Å². The minimum atomic E-state index is -3.64. The van der Waals surface area contributed by atoms with Gasteiger partial charge in [-0.1, -0.05) is 38.9 Å². The van der Waals surface area contributed by atoms with E-state index in [1.54, 1.807) is 0 Å². The van der Waals surface area contributed by atoms with Gasteiger partial charge in [-0.05, 0) is 166 Å². The number of hydrogen-bond acceptors (Lipinski definition) is 4. The molecule has 0 aromatic heterocycles. The molecular weight excluding hydrogens is 569 g/mol. The van der Waals surface area contributed by atoms with Gasteiger partial charge in [-0.3, -0.25) is 0 Å². The van der Waals surface area contributed by atoms with Gasteiger partial charge in [-0.15, -0.1) is 0 Å². The highest BCUT2D eigenvalue weighted by molar-refractivity contribution is 7.86. The van der Waals surface area contributed by atoms with Crippen LogP contribution >= 0.6 is 8.58 Å². The van der Waals surface area contributed by atoms with Crippen molar-refractivity contribution in [1.82, 2.24) is 0 Å². The van der Waals surface area contributed by atoms with E-state index in [1.807, 2.05) is 30.3 Å². The van der Waals surface area contributed by atoms with Crippen molar-refractivity contribution in [2.45, 2.75) is 89.9 Å². The Morgan fingerprint density at radius 2 is 1.28 bits per heavy atom. The average molecular weight is 620 g/mol. The summed E-state index contributed by atoms with van der Waals surface area (Å²) >= 11 is 0. The van der Waals surface area contributed by atoms with Gasteiger partial charge in [-0.25, -0.2) is 0 Å². The van der Waals surface area contributed by atoms with Gasteiger partial charge in [-0.2, -0.15) is 8.42 Å². The maximum atomic E-state index is 12.2. The van der Waals surface area contributed by atoms with Crippen LogP contribution in [-0.2, 0) is 10.1 Å². The molecule has 232 valence electrons. The summed E-state index contributed by atoms with van der Waals surface area (Å²) in [6, 6.07) is 13.9. The number of benzene rings is 2. The molecule has 8 fully saturated rings. The Labute approximate surface area is 261 Å². The normalized spacial score (nSPS) is 38.3. The Morgan fingerprint density at radius 1 is 0.791 bits per heavy atom. The first-order valence-electron chi connectivity index (χ1n) is 17.3. The Hall–Kier alpha value is -1.58. The van der Waals surface area contributed by atoms with Gasteiger partial charge in [0.25, 0.3) is 0 Å². The lowest BCUT2D eigenvalue weighted by atomic mass is 9.38. The highest BCUT2D eigenvalue weighted by Crippen LogP contribution is 2.72. The summed E-state index contributed by atoms with van der Waals surface area (Å²) in [6.07, 6.45) is 23.0. The van der Waals surface area contributed by atoms with E-state index in [4.69, 9.17) is 9.92 Å². The van der Waals surface area contributed by atoms with Crippen molar-refractivity contribution in [3.63, 3.8) is 0 Å². The largest absolute Gasteiger partial charge is 0.398 e. The van der Waals surface area contributed by atoms with Gasteiger partial charge in [0.1, 0.15) is 0 Å². The molecule has 2 N–H and O–H groups in total. The molecule has 6 heteroatoms. The van der Waals surface area contributed by atoms with Gasteiger partial charge in [0, 0.05) is 10.9 Å². The van der Waals surface area contributed by atoms with E-state index in [2.05, 4.69) is 12.1 Å². The summed E-state index contributed by atoms with van der Waals surface area (Å²) in [5.41, 5.74) is 10.7. The van der Waals surface area contributed by atoms with Crippen molar-refractivity contribution >= 4 is 29.7 Å². The zero-order chi connectivity index (χ0) is 29.4. The molecule has 8 aliphatic rings. The van der Waals surface area contributed by atoms with E-state index in [0.29, 0.717) is 30.8 Å². The second kappa shape index (κ2) is 10.8. The number of hydrogen-bond donors (Lipinski definition) is 1. The van der Waals surface area contributed by atoms with Crippen LogP contribution in [0, 0.1) is 52.3 Å². The third-order valence-electron chi connectivity index (χ3n) is 13.2. The van der Waals surface area contributed by atoms with E-state index in [1.165, 1.54) is 89.9 Å². The van der Waals surface area contributed by atoms with Gasteiger partial charge in [0.05, 0.1) is 11.9 Å². The third kappa shape index (κ3) is 5.37. The van der Waals surface area contributed by atoms with Crippen molar-refractivity contribution in [2.24, 2.45) is 52.3 Å². The van der Waals surface area contributed by atoms with Crippen LogP contribution < -0.4 is 15.2 Å². The molecular formula is C37H50NO3PS. The molecule has 4 nitrogen and oxygen atoms in total. The molecule has 43 heavy (non-hydrogen) atoms. The molecule has 1 unspecified atom stereocenters. The van der Waals surface area contributed by atoms with Gasteiger partial charge >= 0.3 is 10.1 Å². The van der Waals surface area contributed by atoms with Crippen molar-refractivity contribution in [3.8, 4) is 16.9 Å². The summed E-state index contributed by atoms with van der Waals surface area (Å²) in [4.78, 5) is 0. The molecule has 0 aliphatic heterocycles. The molecule has 0 spiro atoms. The van der Waals surface area contributed by atoms with Crippen LogP contribution in [0.4, 0.5) is 5.69 Å². The molecule has 2 aromatic carbocycles. The number of rotatable bonds is 10. The summed E-state index contributed by atoms with van der Waals surface area (Å²) < 4.78 is 29.9. The second-order valence-electron chi connectivity index (χ2n) is 16.2. The Bertz CT molecular complexity index is 1360. The van der Waals surface area contributed by atoms with E-state index >= 15 is 0 Å². The third-order valence-corrected chi connectivity index (χ3v) is 15.1. The van der Waals surface area contributed by atoms with Crippen LogP contribution in [-0.4, -0.2) is 20.8 Å². The highest BCUT2D eigenvalue weighted by atomic mass is 32.2. The van der Waals surface area contributed by atoms with Crippen molar-refractivity contribution < 1.29 is 12.6 Å². The Kier molecular flexibility index (Phi) is 7.22. The average Bonchev–Trinajstić information content (AvgIpc) is 2.92. The highest BCUT2D eigenvalue weighted by Gasteiger charge is 2.62. The second-order valence-corrected chi connectivity index (χ2v) is 19.2. The van der Waals surface area contributed by atoms with E-state index in [-0.39, 0.29) is 0 Å². The zero-order valence-corrected chi connectivity index (χ0v) is 27.7. The topological polar surface area (TPSA) is 69.4 Å². The maximum Gasteiger partial charge on any atom is 0.306 e. The fraction of sp³-hybridized carbons (Fsp3) is 0.676. The monoisotopic (exact) mass is 619 g/mol. The van der Waals surface area contributed by atoms with Crippen LogP contribution in [0.2, 0.25) is 0 Å². The summed E-state index contributed by atoms with van der Waals surface area (Å²) in [5, 5.41) is 0.882. The fourth-order valence-electron chi connectivity index (χ4n) is 12.9. The molecule has 0 amide bonds. The fourth-order valence-corrected chi connectivity index (χ4v) is 14.7. The van der Waals surface area contributed by atoms with Crippen LogP contribution in [0.3, 0.4) is 0 Å². The zero-order valence-electron chi connectivity index (χ0n) is 25.9. The summed E-state index contributed by atoms with van der Waals surface area (Å²) in [7, 11) is -3.20. The Balaban J connectivity index is 1.06. The van der Waals surface area contributed by atoms with Crippen molar-refractivity contribution in [1.29, 1.82) is 0 Å². The van der Waals surface area contributed by atoms with E-state index in [0.717, 1.165) is 70.3 Å². The molecule has 1 atom stereocenters. The first-order valence-corrected chi connectivity index (χ1v) is 20.3. The lowest BCUT2D eigenvalue weighted by Gasteiger charge is -2.67. The van der Waals surface area contributed by atoms with Crippen molar-refractivity contribution in [2.75, 3.05) is 18.2 Å². The molecule has 0 heterocycles. The van der Waals surface area contributed by atoms with Gasteiger partial charge in [0.15, 0.2) is 5.75 Å². The quantitative estimate of drug-likeness (QED) is 0.126. The van der Waals surface area contributed by atoms with Crippen molar-refractivity contribution in [3.05, 3.63) is 42.5 Å². The van der Waals surface area contributed by atoms with E-state index < -0.39 is 10.1 Å². The predicted octanol–water partition coefficient (Wildman–Crippen LogP) is 8.41. The molecule has 8 bridgehead atoms. The minimum absolute atomic E-state index is 0.414. The molecule has 0 saturated heterocycles. The lowest BCUT2D eigenvalue weighted by Crippen LogP contribution is -2.58. The first-order chi connectivity index (χ1) is 20.7. The first kappa shape index (κ1) is 28.9. The molecule has 0 radical (unpaired) electrons. The molecule has 10 rings (SSSR count). The Morgan fingerprint density at radius 3 is 1.74 bits per heavy atom. The maximum absolute atomic E-state index is 12.2. The summed E-state index contributed by atoms with van der Waals surface area (Å²) in [6.45, 7) is 0. The van der Waals surface area contributed by atoms with Crippen LogP contribution in [0.5, 0.6) is 5.75 Å². The minimum Gasteiger partial charge on any atom is -0.398 e. The van der Waals surface area contributed by atoms with E-state index in [9.17, 15) is 8.42 Å². The summed E-state index contributed by atoms with van der Waals surface area (Å²) in [5.74, 6) is 7.30. The number of anilines is 1. The number of nitrogens with two attached hydrogens (primary N) is 1. The molecule has 2 aromatic rings. The molecule has 8 aliphatic carbocycles. The van der Waals surface area contributed by atoms with Crippen LogP contribution in [0.25, 0.3) is 11.1 Å². The predicted molar refractivity (Wildman–Crippen MR) is 179 cm³/mol. The van der Waals surface area contributed by atoms with Crippen LogP contribution in [0.15, 0.2) is 42.5 Å². The lowest BCUT2D eigenvalue weighted by molar-refractivity contribution is -0.174. The smallest absolute Gasteiger partial charge is 0.306 e. The standard InChI is InChI=1S/C37H50NO3PS/c1-43(39,40)41-32-10-9-31(30-6-3-2-4-7-30)34(38)35(32)42-11-5-8-33(36-18-24-12-25(19-36)14-26(13-24)20-36)37-21-27-15-28(22-37)17-29(16-27)23-37/h2-4,6-7,9-10,24-29,33,42H,5,8,11-23,38H2,1H3. The number of nitrogen functional groups attached to an aromatic ring is 1. The van der Waals surface area contributed by atoms with Gasteiger partial charge < -0.3 is 9.92 Å².